The summed E-state index contributed by atoms with van der Waals surface area (Å²) in [7, 11) is -4.50. The minimum atomic E-state index is -4.50. The highest BCUT2D eigenvalue weighted by Crippen LogP contribution is 2.31. The maximum Gasteiger partial charge on any atom is 0.277 e. The number of rotatable bonds is 9. The summed E-state index contributed by atoms with van der Waals surface area (Å²) < 4.78 is 43.1. The molecule has 0 radical (unpaired) electrons. The van der Waals surface area contributed by atoms with Crippen LogP contribution in [-0.2, 0) is 16.3 Å². The first kappa shape index (κ1) is 28.6. The van der Waals surface area contributed by atoms with Gasteiger partial charge in [0.1, 0.15) is 11.6 Å². The Hall–Kier alpha value is -4.36. The van der Waals surface area contributed by atoms with Gasteiger partial charge in [0.15, 0.2) is 4.90 Å². The fourth-order valence-corrected chi connectivity index (χ4v) is 6.12. The van der Waals surface area contributed by atoms with E-state index in [0.717, 1.165) is 29.3 Å². The van der Waals surface area contributed by atoms with E-state index >= 15 is 0 Å². The number of halogens is 1. The van der Waals surface area contributed by atoms with E-state index < -0.39 is 38.0 Å². The molecule has 8 nitrogen and oxygen atoms in total. The second kappa shape index (κ2) is 11.8. The van der Waals surface area contributed by atoms with Crippen molar-refractivity contribution in [1.29, 1.82) is 5.26 Å². The number of unbranched alkanes of at least 4 members (excludes halogenated alkanes) is 1. The zero-order valence-corrected chi connectivity index (χ0v) is 23.2. The van der Waals surface area contributed by atoms with Gasteiger partial charge in [-0.15, -0.1) is 0 Å². The number of hydrogen-bond acceptors (Lipinski definition) is 7. The minimum Gasteiger partial charge on any atom is -0.492 e. The van der Waals surface area contributed by atoms with Crippen LogP contribution >= 0.6 is 0 Å². The maximum atomic E-state index is 14.4. The van der Waals surface area contributed by atoms with E-state index in [0.29, 0.717) is 12.0 Å². The normalized spacial score (nSPS) is 12.2. The van der Waals surface area contributed by atoms with Gasteiger partial charge in [-0.05, 0) is 67.3 Å². The SMILES string of the molecule is CCCCc1nc(O)c(S(=O)(=O)c2ccc(-c3cccnc3C)cc2)c(=O)n1C(CC)c1cc(F)cc(C#N)c1. The third-order valence-electron chi connectivity index (χ3n) is 6.77. The van der Waals surface area contributed by atoms with Gasteiger partial charge >= 0.3 is 0 Å². The standard InChI is InChI=1S/C30H29FN4O4S/c1-4-6-9-27-34-29(36)28(30(37)35(27)26(5-2)22-15-20(18-32)16-23(31)17-22)40(38,39)24-12-10-21(11-13-24)25-8-7-14-33-19(25)3/h7-8,10-17,26,36H,4-6,9H2,1-3H3. The molecule has 0 aliphatic rings. The van der Waals surface area contributed by atoms with Crippen LogP contribution in [0.2, 0.25) is 0 Å². The van der Waals surface area contributed by atoms with Crippen LogP contribution in [0, 0.1) is 24.1 Å². The minimum absolute atomic E-state index is 0.0696. The molecule has 1 atom stereocenters. The lowest BCUT2D eigenvalue weighted by molar-refractivity contribution is 0.406. The van der Waals surface area contributed by atoms with Gasteiger partial charge in [-0.3, -0.25) is 14.3 Å². The Kier molecular flexibility index (Phi) is 8.45. The number of pyridine rings is 1. The number of aromatic hydroxyl groups is 1. The molecule has 1 unspecified atom stereocenters. The lowest BCUT2D eigenvalue weighted by atomic mass is 10.0. The predicted octanol–water partition coefficient (Wildman–Crippen LogP) is 5.50. The third kappa shape index (κ3) is 5.51. The Labute approximate surface area is 232 Å². The molecule has 10 heteroatoms. The van der Waals surface area contributed by atoms with Gasteiger partial charge < -0.3 is 5.11 Å². The summed E-state index contributed by atoms with van der Waals surface area (Å²) >= 11 is 0. The van der Waals surface area contributed by atoms with E-state index in [4.69, 9.17) is 0 Å². The maximum absolute atomic E-state index is 14.4. The highest BCUT2D eigenvalue weighted by Gasteiger charge is 2.31. The average molecular weight is 561 g/mol. The summed E-state index contributed by atoms with van der Waals surface area (Å²) in [4.78, 5) is 21.3. The Bertz CT molecular complexity index is 1760. The van der Waals surface area contributed by atoms with Crippen molar-refractivity contribution in [1.82, 2.24) is 14.5 Å². The Balaban J connectivity index is 1.90. The lowest BCUT2D eigenvalue weighted by Gasteiger charge is -2.23. The first-order valence-corrected chi connectivity index (χ1v) is 14.4. The number of nitriles is 1. The lowest BCUT2D eigenvalue weighted by Crippen LogP contribution is -2.33. The highest BCUT2D eigenvalue weighted by atomic mass is 32.2. The zero-order chi connectivity index (χ0) is 29.0. The van der Waals surface area contributed by atoms with Crippen LogP contribution in [0.5, 0.6) is 5.88 Å². The average Bonchev–Trinajstić information content (AvgIpc) is 2.93. The monoisotopic (exact) mass is 560 g/mol. The molecule has 0 saturated heterocycles. The molecule has 0 spiro atoms. The Morgan fingerprint density at radius 2 is 1.85 bits per heavy atom. The summed E-state index contributed by atoms with van der Waals surface area (Å²) in [5, 5.41) is 20.1. The largest absolute Gasteiger partial charge is 0.492 e. The van der Waals surface area contributed by atoms with E-state index in [1.165, 1.54) is 28.8 Å². The van der Waals surface area contributed by atoms with Gasteiger partial charge in [0.2, 0.25) is 15.7 Å². The van der Waals surface area contributed by atoms with Crippen LogP contribution in [0.25, 0.3) is 11.1 Å². The van der Waals surface area contributed by atoms with Crippen molar-refractivity contribution in [3.8, 4) is 23.1 Å². The molecule has 0 saturated carbocycles. The van der Waals surface area contributed by atoms with Crippen LogP contribution < -0.4 is 5.56 Å². The van der Waals surface area contributed by atoms with E-state index in [1.54, 1.807) is 31.3 Å². The first-order chi connectivity index (χ1) is 19.1. The molecule has 1 N–H and O–H groups in total. The van der Waals surface area contributed by atoms with E-state index in [9.17, 15) is 28.0 Å². The van der Waals surface area contributed by atoms with Crippen molar-refractivity contribution in [3.05, 3.63) is 99.6 Å². The van der Waals surface area contributed by atoms with Crippen LogP contribution in [0.3, 0.4) is 0 Å². The Morgan fingerprint density at radius 1 is 1.12 bits per heavy atom. The molecule has 2 aromatic carbocycles. The molecule has 4 aromatic rings. The predicted molar refractivity (Wildman–Crippen MR) is 148 cm³/mol. The van der Waals surface area contributed by atoms with Crippen molar-refractivity contribution in [3.63, 3.8) is 0 Å². The number of aromatic nitrogens is 3. The molecule has 2 aromatic heterocycles. The van der Waals surface area contributed by atoms with Crippen LogP contribution in [-0.4, -0.2) is 28.1 Å². The fraction of sp³-hybridized carbons (Fsp3) is 0.267. The van der Waals surface area contributed by atoms with Gasteiger partial charge in [-0.25, -0.2) is 12.8 Å². The smallest absolute Gasteiger partial charge is 0.277 e. The number of hydrogen-bond donors (Lipinski definition) is 1. The molecule has 0 aliphatic carbocycles. The van der Waals surface area contributed by atoms with Crippen molar-refractivity contribution in [2.75, 3.05) is 0 Å². The molecule has 0 bridgehead atoms. The number of sulfone groups is 1. The first-order valence-electron chi connectivity index (χ1n) is 12.9. The van der Waals surface area contributed by atoms with E-state index in [1.807, 2.05) is 26.0 Å². The van der Waals surface area contributed by atoms with Crippen molar-refractivity contribution < 1.29 is 17.9 Å². The quantitative estimate of drug-likeness (QED) is 0.286. The summed E-state index contributed by atoms with van der Waals surface area (Å²) in [6.45, 7) is 5.55. The van der Waals surface area contributed by atoms with Gasteiger partial charge in [-0.1, -0.05) is 38.5 Å². The number of benzene rings is 2. The molecule has 0 fully saturated rings. The fourth-order valence-electron chi connectivity index (χ4n) is 4.77. The van der Waals surface area contributed by atoms with Gasteiger partial charge in [0, 0.05) is 23.9 Å². The van der Waals surface area contributed by atoms with Crippen LogP contribution in [0.4, 0.5) is 4.39 Å². The molecule has 2 heterocycles. The summed E-state index contributed by atoms with van der Waals surface area (Å²) in [5.74, 6) is -1.36. The van der Waals surface area contributed by atoms with E-state index in [2.05, 4.69) is 9.97 Å². The molecular formula is C30H29FN4O4S. The summed E-state index contributed by atoms with van der Waals surface area (Å²) in [6.07, 6.45) is 3.61. The topological polar surface area (TPSA) is 126 Å². The van der Waals surface area contributed by atoms with Crippen molar-refractivity contribution in [2.45, 2.75) is 62.3 Å². The van der Waals surface area contributed by atoms with Gasteiger partial charge in [0.05, 0.1) is 22.6 Å². The number of nitrogens with zero attached hydrogens (tertiary/aromatic N) is 4. The molecule has 40 heavy (non-hydrogen) atoms. The van der Waals surface area contributed by atoms with Crippen LogP contribution in [0.15, 0.2) is 75.4 Å². The zero-order valence-electron chi connectivity index (χ0n) is 22.4. The highest BCUT2D eigenvalue weighted by molar-refractivity contribution is 7.91. The molecule has 206 valence electrons. The van der Waals surface area contributed by atoms with E-state index in [-0.39, 0.29) is 29.1 Å². The molecular weight excluding hydrogens is 531 g/mol. The van der Waals surface area contributed by atoms with Gasteiger partial charge in [0.25, 0.3) is 5.56 Å². The Morgan fingerprint density at radius 3 is 2.48 bits per heavy atom. The summed E-state index contributed by atoms with van der Waals surface area (Å²) in [5.41, 5.74) is 1.78. The number of aryl methyl sites for hydroxylation is 2. The third-order valence-corrected chi connectivity index (χ3v) is 8.55. The molecule has 4 rings (SSSR count). The molecule has 0 amide bonds. The second-order valence-corrected chi connectivity index (χ2v) is 11.3. The van der Waals surface area contributed by atoms with Crippen molar-refractivity contribution in [2.24, 2.45) is 0 Å². The van der Waals surface area contributed by atoms with Crippen LogP contribution in [0.1, 0.15) is 61.8 Å². The van der Waals surface area contributed by atoms with Gasteiger partial charge in [-0.2, -0.15) is 10.2 Å². The molecule has 0 aliphatic heterocycles. The summed E-state index contributed by atoms with van der Waals surface area (Å²) in [6, 6.07) is 14.5. The van der Waals surface area contributed by atoms with Crippen molar-refractivity contribution >= 4 is 9.84 Å². The second-order valence-electron chi connectivity index (χ2n) is 9.43.